The molecule has 3 heterocycles. The third-order valence-electron chi connectivity index (χ3n) is 4.97. The van der Waals surface area contributed by atoms with Crippen LogP contribution in [0, 0.1) is 0 Å². The summed E-state index contributed by atoms with van der Waals surface area (Å²) in [4.78, 5) is 28.0. The molecule has 0 spiro atoms. The van der Waals surface area contributed by atoms with Crippen molar-refractivity contribution in [3.05, 3.63) is 65.3 Å². The van der Waals surface area contributed by atoms with Crippen LogP contribution in [-0.2, 0) is 17.6 Å². The van der Waals surface area contributed by atoms with Gasteiger partial charge in [-0.1, -0.05) is 36.4 Å². The normalized spacial score (nSPS) is 18.6. The molecule has 2 aromatic carbocycles. The summed E-state index contributed by atoms with van der Waals surface area (Å²) >= 11 is 1.58. The Balaban J connectivity index is 1.34. The maximum atomic E-state index is 11.9. The molecule has 5 rings (SSSR count). The minimum atomic E-state index is -1.09. The summed E-state index contributed by atoms with van der Waals surface area (Å²) in [6, 6.07) is 15.9. The van der Waals surface area contributed by atoms with E-state index in [1.807, 2.05) is 24.3 Å². The molecule has 3 amide bonds. The number of hydrogen-bond donors (Lipinski definition) is 2. The van der Waals surface area contributed by atoms with Crippen LogP contribution < -0.4 is 10.6 Å². The zero-order chi connectivity index (χ0) is 20.7. The number of nitrogens with zero attached hydrogens (tertiary/aromatic N) is 3. The van der Waals surface area contributed by atoms with E-state index in [9.17, 15) is 9.59 Å². The molecule has 1 aliphatic heterocycles. The lowest BCUT2D eigenvalue weighted by Gasteiger charge is -2.17. The number of urea groups is 1. The van der Waals surface area contributed by atoms with E-state index in [1.165, 1.54) is 0 Å². The Hall–Kier alpha value is -3.59. The number of imide groups is 1. The van der Waals surface area contributed by atoms with Crippen molar-refractivity contribution in [3.8, 4) is 11.1 Å². The molecule has 2 N–H and O–H groups in total. The molecule has 0 saturated carbocycles. The monoisotopic (exact) mass is 419 g/mol. The number of amides is 3. The van der Waals surface area contributed by atoms with E-state index in [2.05, 4.69) is 50.1 Å². The van der Waals surface area contributed by atoms with Crippen LogP contribution in [0.1, 0.15) is 23.7 Å². The Labute approximate surface area is 175 Å². The van der Waals surface area contributed by atoms with Gasteiger partial charge in [0.05, 0.1) is 23.1 Å². The molecule has 1 saturated heterocycles. The van der Waals surface area contributed by atoms with Crippen molar-refractivity contribution >= 4 is 33.5 Å². The third kappa shape index (κ3) is 3.43. The SMILES string of the molecule is CC1(Cc2nnc(Cc3nc4ccc(-c5ccccc5)cc4s3)o2)NC(=O)NC1=O. The molecule has 30 heavy (non-hydrogen) atoms. The number of aromatic nitrogens is 3. The lowest BCUT2D eigenvalue weighted by atomic mass is 9.98. The first-order chi connectivity index (χ1) is 14.5. The number of nitrogens with one attached hydrogen (secondary N) is 2. The molecule has 150 valence electrons. The number of benzene rings is 2. The van der Waals surface area contributed by atoms with E-state index in [0.717, 1.165) is 26.4 Å². The molecule has 1 atom stereocenters. The molecule has 1 fully saturated rings. The maximum absolute atomic E-state index is 11.9. The van der Waals surface area contributed by atoms with Gasteiger partial charge in [0, 0.05) is 0 Å². The molecule has 2 aromatic heterocycles. The van der Waals surface area contributed by atoms with Gasteiger partial charge in [-0.3, -0.25) is 10.1 Å². The Morgan fingerprint density at radius 3 is 2.60 bits per heavy atom. The topological polar surface area (TPSA) is 110 Å². The Morgan fingerprint density at radius 1 is 1.03 bits per heavy atom. The summed E-state index contributed by atoms with van der Waals surface area (Å²) in [5.41, 5.74) is 2.13. The van der Waals surface area contributed by atoms with Crippen LogP contribution in [0.4, 0.5) is 4.79 Å². The Bertz CT molecular complexity index is 1270. The first-order valence-corrected chi connectivity index (χ1v) is 10.2. The highest BCUT2D eigenvalue weighted by Gasteiger charge is 2.43. The summed E-state index contributed by atoms with van der Waals surface area (Å²) in [6.07, 6.45) is 0.528. The second kappa shape index (κ2) is 7.03. The van der Waals surface area contributed by atoms with Gasteiger partial charge >= 0.3 is 6.03 Å². The molecule has 1 unspecified atom stereocenters. The number of fused-ring (bicyclic) bond motifs is 1. The Kier molecular flexibility index (Phi) is 4.32. The van der Waals surface area contributed by atoms with Crippen LogP contribution in [0.3, 0.4) is 0 Å². The smallest absolute Gasteiger partial charge is 0.322 e. The molecule has 1 aliphatic rings. The van der Waals surface area contributed by atoms with Gasteiger partial charge in [0.25, 0.3) is 5.91 Å². The van der Waals surface area contributed by atoms with Crippen LogP contribution in [0.5, 0.6) is 0 Å². The lowest BCUT2D eigenvalue weighted by molar-refractivity contribution is -0.123. The number of hydrogen-bond acceptors (Lipinski definition) is 7. The van der Waals surface area contributed by atoms with Gasteiger partial charge in [0.1, 0.15) is 10.5 Å². The highest BCUT2D eigenvalue weighted by molar-refractivity contribution is 7.18. The fourth-order valence-electron chi connectivity index (χ4n) is 3.43. The molecular formula is C21H17N5O3S. The molecular weight excluding hydrogens is 402 g/mol. The minimum Gasteiger partial charge on any atom is -0.425 e. The first kappa shape index (κ1) is 18.4. The van der Waals surface area contributed by atoms with Gasteiger partial charge in [-0.2, -0.15) is 0 Å². The fourth-order valence-corrected chi connectivity index (χ4v) is 4.42. The van der Waals surface area contributed by atoms with Crippen molar-refractivity contribution in [1.82, 2.24) is 25.8 Å². The van der Waals surface area contributed by atoms with E-state index < -0.39 is 17.5 Å². The van der Waals surface area contributed by atoms with Gasteiger partial charge in [-0.15, -0.1) is 21.5 Å². The van der Waals surface area contributed by atoms with Crippen LogP contribution in [0.2, 0.25) is 0 Å². The summed E-state index contributed by atoms with van der Waals surface area (Å²) in [5, 5.41) is 13.8. The average molecular weight is 419 g/mol. The zero-order valence-corrected chi connectivity index (χ0v) is 16.8. The van der Waals surface area contributed by atoms with Crippen LogP contribution in [0.25, 0.3) is 21.3 Å². The van der Waals surface area contributed by atoms with Crippen molar-refractivity contribution < 1.29 is 14.0 Å². The quantitative estimate of drug-likeness (QED) is 0.481. The van der Waals surface area contributed by atoms with Crippen molar-refractivity contribution in [2.75, 3.05) is 0 Å². The first-order valence-electron chi connectivity index (χ1n) is 9.38. The molecule has 8 nitrogen and oxygen atoms in total. The van der Waals surface area contributed by atoms with Gasteiger partial charge in [0.15, 0.2) is 0 Å². The van der Waals surface area contributed by atoms with Gasteiger partial charge < -0.3 is 9.73 Å². The number of rotatable bonds is 5. The van der Waals surface area contributed by atoms with Crippen LogP contribution in [0.15, 0.2) is 52.9 Å². The van der Waals surface area contributed by atoms with E-state index in [4.69, 9.17) is 4.42 Å². The van der Waals surface area contributed by atoms with Gasteiger partial charge in [0.2, 0.25) is 11.8 Å². The van der Waals surface area contributed by atoms with E-state index >= 15 is 0 Å². The zero-order valence-electron chi connectivity index (χ0n) is 16.0. The summed E-state index contributed by atoms with van der Waals surface area (Å²) in [7, 11) is 0. The summed E-state index contributed by atoms with van der Waals surface area (Å²) in [5.74, 6) is 0.297. The molecule has 9 heteroatoms. The standard InChI is InChI=1S/C21H17N5O3S/c1-21(19(27)23-20(28)24-21)11-17-26-25-16(29-17)10-18-22-14-8-7-13(9-15(14)30-18)12-5-3-2-4-6-12/h2-9H,10-11H2,1H3,(H2,23,24,27,28). The number of carbonyl (C=O) groups excluding carboxylic acids is 2. The highest BCUT2D eigenvalue weighted by atomic mass is 32.1. The van der Waals surface area contributed by atoms with E-state index in [-0.39, 0.29) is 12.3 Å². The van der Waals surface area contributed by atoms with E-state index in [1.54, 1.807) is 18.3 Å². The molecule has 4 aromatic rings. The van der Waals surface area contributed by atoms with Crippen molar-refractivity contribution in [1.29, 1.82) is 0 Å². The van der Waals surface area contributed by atoms with Crippen molar-refractivity contribution in [3.63, 3.8) is 0 Å². The van der Waals surface area contributed by atoms with Crippen LogP contribution in [-0.4, -0.2) is 32.7 Å². The largest absolute Gasteiger partial charge is 0.425 e. The Morgan fingerprint density at radius 2 is 1.83 bits per heavy atom. The lowest BCUT2D eigenvalue weighted by Crippen LogP contribution is -2.45. The van der Waals surface area contributed by atoms with Gasteiger partial charge in [-0.05, 0) is 30.2 Å². The maximum Gasteiger partial charge on any atom is 0.322 e. The highest BCUT2D eigenvalue weighted by Crippen LogP contribution is 2.29. The summed E-state index contributed by atoms with van der Waals surface area (Å²) < 4.78 is 6.79. The molecule has 0 radical (unpaired) electrons. The third-order valence-corrected chi connectivity index (χ3v) is 5.99. The predicted octanol–water partition coefficient (Wildman–Crippen LogP) is 3.08. The number of carbonyl (C=O) groups is 2. The van der Waals surface area contributed by atoms with Gasteiger partial charge in [-0.25, -0.2) is 9.78 Å². The van der Waals surface area contributed by atoms with Crippen molar-refractivity contribution in [2.24, 2.45) is 0 Å². The van der Waals surface area contributed by atoms with Crippen molar-refractivity contribution in [2.45, 2.75) is 25.3 Å². The molecule has 0 aliphatic carbocycles. The molecule has 0 bridgehead atoms. The minimum absolute atomic E-state index is 0.123. The van der Waals surface area contributed by atoms with Crippen LogP contribution >= 0.6 is 11.3 Å². The average Bonchev–Trinajstić information content (AvgIpc) is 3.39. The van der Waals surface area contributed by atoms with E-state index in [0.29, 0.717) is 12.3 Å². The predicted molar refractivity (Wildman–Crippen MR) is 111 cm³/mol. The summed E-state index contributed by atoms with van der Waals surface area (Å²) in [6.45, 7) is 1.62. The second-order valence-corrected chi connectivity index (χ2v) is 8.45. The fraction of sp³-hybridized carbons (Fsp3) is 0.190. The number of thiazole rings is 1. The second-order valence-electron chi connectivity index (χ2n) is 7.34.